The number of carbonyl (C=O) groups is 3. The maximum absolute atomic E-state index is 12.7. The molecule has 0 spiro atoms. The quantitative estimate of drug-likeness (QED) is 0.783. The molecule has 0 unspecified atom stereocenters. The molecule has 1 saturated carbocycles. The molecule has 2 amide bonds. The Balaban J connectivity index is 1.92. The third-order valence-corrected chi connectivity index (χ3v) is 5.53. The van der Waals surface area contributed by atoms with E-state index in [0.717, 1.165) is 29.7 Å². The molecule has 3 rings (SSSR count). The lowest BCUT2D eigenvalue weighted by Gasteiger charge is -2.07. The number of methoxy groups -OCH3 is 1. The van der Waals surface area contributed by atoms with Gasteiger partial charge in [0.1, 0.15) is 5.00 Å². The maximum atomic E-state index is 12.7. The Labute approximate surface area is 155 Å². The topological polar surface area (TPSA) is 84.5 Å². The van der Waals surface area contributed by atoms with Crippen molar-refractivity contribution in [2.75, 3.05) is 17.7 Å². The molecule has 0 saturated heterocycles. The van der Waals surface area contributed by atoms with Crippen LogP contribution in [0, 0.1) is 19.8 Å². The van der Waals surface area contributed by atoms with Crippen LogP contribution in [-0.2, 0) is 9.53 Å². The summed E-state index contributed by atoms with van der Waals surface area (Å²) in [6, 6.07) is 7.44. The molecule has 1 aromatic carbocycles. The van der Waals surface area contributed by atoms with Gasteiger partial charge in [-0.15, -0.1) is 11.3 Å². The fourth-order valence-electron chi connectivity index (χ4n) is 2.62. The zero-order chi connectivity index (χ0) is 18.8. The Morgan fingerprint density at radius 2 is 1.81 bits per heavy atom. The Bertz CT molecular complexity index is 884. The fraction of sp³-hybridized carbons (Fsp3) is 0.316. The highest BCUT2D eigenvalue weighted by atomic mass is 32.1. The van der Waals surface area contributed by atoms with Crippen molar-refractivity contribution in [2.45, 2.75) is 26.7 Å². The van der Waals surface area contributed by atoms with Crippen LogP contribution >= 0.6 is 11.3 Å². The molecule has 7 heteroatoms. The smallest absolute Gasteiger partial charge is 0.341 e. The summed E-state index contributed by atoms with van der Waals surface area (Å²) in [5.41, 5.74) is 2.37. The number of nitrogens with one attached hydrogen (secondary N) is 2. The van der Waals surface area contributed by atoms with Crippen LogP contribution in [-0.4, -0.2) is 24.9 Å². The van der Waals surface area contributed by atoms with Crippen LogP contribution in [0.15, 0.2) is 24.3 Å². The van der Waals surface area contributed by atoms with Crippen LogP contribution in [0.3, 0.4) is 0 Å². The molecule has 1 aliphatic carbocycles. The standard InChI is InChI=1S/C19H20N2O4S/c1-10-6-4-5-7-13(10)20-17(23)15-11(2)14(19(24)25-3)18(26-15)21-16(22)12-8-9-12/h4-7,12H,8-9H2,1-3H3,(H,20,23)(H,21,22). The third-order valence-electron chi connectivity index (χ3n) is 4.32. The molecule has 1 fully saturated rings. The number of para-hydroxylation sites is 1. The van der Waals surface area contributed by atoms with Crippen molar-refractivity contribution in [3.05, 3.63) is 45.8 Å². The van der Waals surface area contributed by atoms with Crippen molar-refractivity contribution in [1.29, 1.82) is 0 Å². The van der Waals surface area contributed by atoms with E-state index in [1.54, 1.807) is 6.92 Å². The molecule has 6 nitrogen and oxygen atoms in total. The maximum Gasteiger partial charge on any atom is 0.341 e. The first-order valence-electron chi connectivity index (χ1n) is 8.32. The monoisotopic (exact) mass is 372 g/mol. The number of esters is 1. The predicted octanol–water partition coefficient (Wildman–Crippen LogP) is 3.75. The van der Waals surface area contributed by atoms with E-state index in [4.69, 9.17) is 4.74 Å². The molecule has 2 aromatic rings. The Morgan fingerprint density at radius 1 is 1.12 bits per heavy atom. The predicted molar refractivity (Wildman–Crippen MR) is 101 cm³/mol. The summed E-state index contributed by atoms with van der Waals surface area (Å²) in [7, 11) is 1.28. The Hall–Kier alpha value is -2.67. The fourth-order valence-corrected chi connectivity index (χ4v) is 3.71. The molecular formula is C19H20N2O4S. The number of hydrogen-bond acceptors (Lipinski definition) is 5. The second-order valence-electron chi connectivity index (χ2n) is 6.28. The highest BCUT2D eigenvalue weighted by Crippen LogP contribution is 2.37. The van der Waals surface area contributed by atoms with Crippen molar-refractivity contribution in [2.24, 2.45) is 5.92 Å². The Morgan fingerprint density at radius 3 is 2.42 bits per heavy atom. The van der Waals surface area contributed by atoms with Gasteiger partial charge in [0, 0.05) is 11.6 Å². The number of carbonyl (C=O) groups excluding carboxylic acids is 3. The molecule has 0 bridgehead atoms. The number of rotatable bonds is 5. The van der Waals surface area contributed by atoms with Crippen LogP contribution in [0.25, 0.3) is 0 Å². The number of amides is 2. The largest absolute Gasteiger partial charge is 0.465 e. The third kappa shape index (κ3) is 3.62. The molecule has 0 radical (unpaired) electrons. The van der Waals surface area contributed by atoms with E-state index in [2.05, 4.69) is 10.6 Å². The van der Waals surface area contributed by atoms with E-state index < -0.39 is 5.97 Å². The summed E-state index contributed by atoms with van der Waals surface area (Å²) in [6.07, 6.45) is 1.70. The van der Waals surface area contributed by atoms with Gasteiger partial charge in [-0.2, -0.15) is 0 Å². The van der Waals surface area contributed by atoms with Gasteiger partial charge in [-0.3, -0.25) is 9.59 Å². The minimum Gasteiger partial charge on any atom is -0.465 e. The number of hydrogen-bond donors (Lipinski definition) is 2. The summed E-state index contributed by atoms with van der Waals surface area (Å²) in [6.45, 7) is 3.58. The van der Waals surface area contributed by atoms with Gasteiger partial charge in [0.05, 0.1) is 17.6 Å². The molecular weight excluding hydrogens is 352 g/mol. The van der Waals surface area contributed by atoms with Crippen LogP contribution in [0.2, 0.25) is 0 Å². The molecule has 1 aromatic heterocycles. The molecule has 26 heavy (non-hydrogen) atoms. The van der Waals surface area contributed by atoms with Crippen LogP contribution in [0.5, 0.6) is 0 Å². The Kier molecular flexibility index (Phi) is 5.08. The number of benzene rings is 1. The van der Waals surface area contributed by atoms with Crippen LogP contribution in [0.4, 0.5) is 10.7 Å². The molecule has 1 heterocycles. The highest BCUT2D eigenvalue weighted by Gasteiger charge is 2.32. The zero-order valence-corrected chi connectivity index (χ0v) is 15.7. The number of thiophene rings is 1. The summed E-state index contributed by atoms with van der Waals surface area (Å²) in [5.74, 6) is -1.02. The normalized spacial score (nSPS) is 13.2. The summed E-state index contributed by atoms with van der Waals surface area (Å²) in [5, 5.41) is 6.00. The second-order valence-corrected chi connectivity index (χ2v) is 7.31. The minimum absolute atomic E-state index is 0.00727. The van der Waals surface area contributed by atoms with Gasteiger partial charge in [-0.1, -0.05) is 18.2 Å². The first-order chi connectivity index (χ1) is 12.4. The van der Waals surface area contributed by atoms with Crippen molar-refractivity contribution in [3.63, 3.8) is 0 Å². The number of anilines is 2. The van der Waals surface area contributed by atoms with Crippen LogP contribution < -0.4 is 10.6 Å². The zero-order valence-electron chi connectivity index (χ0n) is 14.8. The van der Waals surface area contributed by atoms with Crippen molar-refractivity contribution >= 4 is 39.8 Å². The lowest BCUT2D eigenvalue weighted by Crippen LogP contribution is -2.15. The molecule has 136 valence electrons. The van der Waals surface area contributed by atoms with Crippen molar-refractivity contribution < 1.29 is 19.1 Å². The molecule has 1 aliphatic rings. The van der Waals surface area contributed by atoms with Crippen molar-refractivity contribution in [3.8, 4) is 0 Å². The number of ether oxygens (including phenoxy) is 1. The van der Waals surface area contributed by atoms with Gasteiger partial charge in [-0.25, -0.2) is 4.79 Å². The van der Waals surface area contributed by atoms with E-state index in [0.29, 0.717) is 21.1 Å². The van der Waals surface area contributed by atoms with E-state index in [9.17, 15) is 14.4 Å². The van der Waals surface area contributed by atoms with Gasteiger partial charge in [0.25, 0.3) is 5.91 Å². The van der Waals surface area contributed by atoms with Gasteiger partial charge in [-0.05, 0) is 43.9 Å². The van der Waals surface area contributed by atoms with Gasteiger partial charge in [0.15, 0.2) is 0 Å². The van der Waals surface area contributed by atoms with E-state index in [1.807, 2.05) is 31.2 Å². The first kappa shape index (κ1) is 18.1. The van der Waals surface area contributed by atoms with Crippen molar-refractivity contribution in [1.82, 2.24) is 0 Å². The summed E-state index contributed by atoms with van der Waals surface area (Å²) in [4.78, 5) is 37.4. The average molecular weight is 372 g/mol. The SMILES string of the molecule is COC(=O)c1c(NC(=O)C2CC2)sc(C(=O)Nc2ccccc2C)c1C. The summed E-state index contributed by atoms with van der Waals surface area (Å²) >= 11 is 1.09. The lowest BCUT2D eigenvalue weighted by atomic mass is 10.1. The molecule has 2 N–H and O–H groups in total. The number of aryl methyl sites for hydroxylation is 1. The van der Waals surface area contributed by atoms with Gasteiger partial charge in [0.2, 0.25) is 5.91 Å². The van der Waals surface area contributed by atoms with Gasteiger partial charge < -0.3 is 15.4 Å². The van der Waals surface area contributed by atoms with E-state index in [1.165, 1.54) is 7.11 Å². The van der Waals surface area contributed by atoms with E-state index >= 15 is 0 Å². The van der Waals surface area contributed by atoms with Crippen LogP contribution in [0.1, 0.15) is 44.0 Å². The first-order valence-corrected chi connectivity index (χ1v) is 9.13. The molecule has 0 atom stereocenters. The van der Waals surface area contributed by atoms with Gasteiger partial charge >= 0.3 is 5.97 Å². The molecule has 0 aliphatic heterocycles. The summed E-state index contributed by atoms with van der Waals surface area (Å²) < 4.78 is 4.83. The minimum atomic E-state index is -0.570. The second kappa shape index (κ2) is 7.29. The van der Waals surface area contributed by atoms with E-state index in [-0.39, 0.29) is 23.3 Å². The highest BCUT2D eigenvalue weighted by molar-refractivity contribution is 7.19. The lowest BCUT2D eigenvalue weighted by molar-refractivity contribution is -0.117. The average Bonchev–Trinajstić information content (AvgIpc) is 3.41.